The van der Waals surface area contributed by atoms with Gasteiger partial charge < -0.3 is 10.1 Å². The highest BCUT2D eigenvalue weighted by atomic mass is 32.2. The van der Waals surface area contributed by atoms with Crippen LogP contribution in [-0.4, -0.2) is 33.2 Å². The fourth-order valence-corrected chi connectivity index (χ4v) is 4.83. The van der Waals surface area contributed by atoms with Crippen LogP contribution in [0.5, 0.6) is 5.75 Å². The largest absolute Gasteiger partial charge is 0.494 e. The molecule has 0 aromatic heterocycles. The average Bonchev–Trinajstić information content (AvgIpc) is 2.65. The van der Waals surface area contributed by atoms with Crippen molar-refractivity contribution >= 4 is 21.6 Å². The van der Waals surface area contributed by atoms with Crippen molar-refractivity contribution in [2.24, 2.45) is 0 Å². The molecule has 0 aliphatic carbocycles. The predicted octanol–water partition coefficient (Wildman–Crippen LogP) is 4.12. The van der Waals surface area contributed by atoms with Crippen LogP contribution >= 0.6 is 0 Å². The number of nitrogens with one attached hydrogen (secondary N) is 1. The Hall–Kier alpha value is -2.54. The number of rotatable bonds is 9. The van der Waals surface area contributed by atoms with Crippen LogP contribution in [0.4, 0.5) is 5.69 Å². The summed E-state index contributed by atoms with van der Waals surface area (Å²) in [6.07, 6.45) is 1.46. The van der Waals surface area contributed by atoms with E-state index >= 15 is 0 Å². The second kappa shape index (κ2) is 9.98. The quantitative estimate of drug-likeness (QED) is 0.647. The molecule has 164 valence electrons. The molecule has 0 saturated heterocycles. The zero-order valence-corrected chi connectivity index (χ0v) is 19.4. The van der Waals surface area contributed by atoms with Gasteiger partial charge in [0.1, 0.15) is 11.8 Å². The van der Waals surface area contributed by atoms with Gasteiger partial charge in [0.15, 0.2) is 0 Å². The molecule has 0 aliphatic rings. The smallest absolute Gasteiger partial charge is 0.244 e. The Morgan fingerprint density at radius 1 is 1.10 bits per heavy atom. The minimum atomic E-state index is -3.68. The molecule has 0 spiro atoms. The van der Waals surface area contributed by atoms with E-state index in [2.05, 4.69) is 11.4 Å². The summed E-state index contributed by atoms with van der Waals surface area (Å²) < 4.78 is 31.8. The number of hydrogen-bond acceptors (Lipinski definition) is 4. The number of aryl methyl sites for hydroxylation is 2. The normalized spacial score (nSPS) is 13.4. The third-order valence-electron chi connectivity index (χ3n) is 4.98. The highest BCUT2D eigenvalue weighted by Gasteiger charge is 2.32. The van der Waals surface area contributed by atoms with Gasteiger partial charge in [0, 0.05) is 0 Å². The molecule has 0 radical (unpaired) electrons. The van der Waals surface area contributed by atoms with E-state index in [-0.39, 0.29) is 11.9 Å². The van der Waals surface area contributed by atoms with Crippen molar-refractivity contribution in [1.82, 2.24) is 5.32 Å². The number of sulfonamides is 1. The maximum atomic E-state index is 13.1. The van der Waals surface area contributed by atoms with E-state index in [4.69, 9.17) is 4.74 Å². The van der Waals surface area contributed by atoms with Crippen molar-refractivity contribution < 1.29 is 17.9 Å². The minimum absolute atomic E-state index is 0.242. The summed E-state index contributed by atoms with van der Waals surface area (Å²) in [6, 6.07) is 11.7. The number of carbonyl (C=O) groups is 1. The summed E-state index contributed by atoms with van der Waals surface area (Å²) in [4.78, 5) is 13.1. The molecule has 1 amide bonds. The molecule has 2 unspecified atom stereocenters. The lowest BCUT2D eigenvalue weighted by atomic mass is 10.00. The first kappa shape index (κ1) is 23.7. The topological polar surface area (TPSA) is 75.7 Å². The minimum Gasteiger partial charge on any atom is -0.494 e. The van der Waals surface area contributed by atoms with Crippen LogP contribution in [0.1, 0.15) is 49.9 Å². The van der Waals surface area contributed by atoms with Crippen LogP contribution in [0.15, 0.2) is 42.5 Å². The van der Waals surface area contributed by atoms with Crippen LogP contribution in [0.3, 0.4) is 0 Å². The first-order valence-electron chi connectivity index (χ1n) is 10.2. The van der Waals surface area contributed by atoms with E-state index in [1.54, 1.807) is 31.2 Å². The van der Waals surface area contributed by atoms with Crippen molar-refractivity contribution in [1.29, 1.82) is 0 Å². The Labute approximate surface area is 180 Å². The van der Waals surface area contributed by atoms with Crippen LogP contribution in [-0.2, 0) is 14.8 Å². The molecule has 6 nitrogen and oxygen atoms in total. The van der Waals surface area contributed by atoms with Crippen LogP contribution < -0.4 is 14.4 Å². The fraction of sp³-hybridized carbons (Fsp3) is 0.435. The second-order valence-corrected chi connectivity index (χ2v) is 9.36. The maximum absolute atomic E-state index is 13.1. The molecule has 1 N–H and O–H groups in total. The Bertz CT molecular complexity index is 971. The molecule has 30 heavy (non-hydrogen) atoms. The van der Waals surface area contributed by atoms with Gasteiger partial charge >= 0.3 is 0 Å². The van der Waals surface area contributed by atoms with Gasteiger partial charge in [-0.05, 0) is 69.5 Å². The Balaban J connectivity index is 2.31. The van der Waals surface area contributed by atoms with Crippen molar-refractivity contribution in [3.05, 3.63) is 59.2 Å². The number of benzene rings is 2. The summed E-state index contributed by atoms with van der Waals surface area (Å²) in [6.45, 7) is 10.1. The van der Waals surface area contributed by atoms with E-state index in [9.17, 15) is 13.2 Å². The summed E-state index contributed by atoms with van der Waals surface area (Å²) in [5.41, 5.74) is 3.68. The zero-order valence-electron chi connectivity index (χ0n) is 18.6. The van der Waals surface area contributed by atoms with Crippen LogP contribution in [0, 0.1) is 13.8 Å². The molecule has 2 atom stereocenters. The van der Waals surface area contributed by atoms with Gasteiger partial charge in [0.2, 0.25) is 15.9 Å². The molecule has 0 heterocycles. The summed E-state index contributed by atoms with van der Waals surface area (Å²) in [5.74, 6) is 0.319. The predicted molar refractivity (Wildman–Crippen MR) is 121 cm³/mol. The Morgan fingerprint density at radius 3 is 2.23 bits per heavy atom. The van der Waals surface area contributed by atoms with Gasteiger partial charge in [-0.15, -0.1) is 0 Å². The molecular weight excluding hydrogens is 400 g/mol. The highest BCUT2D eigenvalue weighted by molar-refractivity contribution is 7.92. The van der Waals surface area contributed by atoms with E-state index < -0.39 is 16.1 Å². The summed E-state index contributed by atoms with van der Waals surface area (Å²) in [7, 11) is -3.68. The first-order valence-corrected chi connectivity index (χ1v) is 12.0. The number of carbonyl (C=O) groups excluding carboxylic acids is 1. The molecule has 0 aliphatic heterocycles. The van der Waals surface area contributed by atoms with Gasteiger partial charge in [0.25, 0.3) is 0 Å². The van der Waals surface area contributed by atoms with E-state index in [1.165, 1.54) is 4.31 Å². The van der Waals surface area contributed by atoms with E-state index in [0.29, 0.717) is 24.5 Å². The van der Waals surface area contributed by atoms with Gasteiger partial charge in [-0.1, -0.05) is 30.7 Å². The molecule has 0 bridgehead atoms. The number of amides is 1. The van der Waals surface area contributed by atoms with Crippen molar-refractivity contribution in [3.63, 3.8) is 0 Å². The zero-order chi connectivity index (χ0) is 22.5. The van der Waals surface area contributed by atoms with Crippen LogP contribution in [0.2, 0.25) is 0 Å². The third kappa shape index (κ3) is 5.75. The molecule has 7 heteroatoms. The van der Waals surface area contributed by atoms with Crippen molar-refractivity contribution in [2.45, 2.75) is 53.1 Å². The van der Waals surface area contributed by atoms with E-state index in [0.717, 1.165) is 22.9 Å². The summed E-state index contributed by atoms with van der Waals surface area (Å²) >= 11 is 0. The lowest BCUT2D eigenvalue weighted by Gasteiger charge is -2.31. The standard InChI is InChI=1S/C23H32N2O4S/c1-7-22(23(26)24-18(5)21-14-9-16(3)15-17(21)4)25(30(6,27)28)19-10-12-20(13-11-19)29-8-2/h9-15,18,22H,7-8H2,1-6H3,(H,24,26). The number of hydrogen-bond donors (Lipinski definition) is 1. The Morgan fingerprint density at radius 2 is 1.73 bits per heavy atom. The molecule has 0 saturated carbocycles. The monoisotopic (exact) mass is 432 g/mol. The lowest BCUT2D eigenvalue weighted by molar-refractivity contribution is -0.122. The third-order valence-corrected chi connectivity index (χ3v) is 6.16. The highest BCUT2D eigenvalue weighted by Crippen LogP contribution is 2.26. The molecule has 0 fully saturated rings. The number of ether oxygens (including phenoxy) is 1. The SMILES string of the molecule is CCOc1ccc(N(C(CC)C(=O)NC(C)c2ccc(C)cc2C)S(C)(=O)=O)cc1. The Kier molecular flexibility index (Phi) is 7.89. The van der Waals surface area contributed by atoms with Gasteiger partial charge in [-0.25, -0.2) is 8.42 Å². The van der Waals surface area contributed by atoms with Crippen LogP contribution in [0.25, 0.3) is 0 Å². The average molecular weight is 433 g/mol. The lowest BCUT2D eigenvalue weighted by Crippen LogP contribution is -2.49. The van der Waals surface area contributed by atoms with Gasteiger partial charge in [-0.3, -0.25) is 9.10 Å². The number of anilines is 1. The molecule has 2 aromatic carbocycles. The van der Waals surface area contributed by atoms with Gasteiger partial charge in [0.05, 0.1) is 24.6 Å². The van der Waals surface area contributed by atoms with Crippen molar-refractivity contribution in [2.75, 3.05) is 17.2 Å². The summed E-state index contributed by atoms with van der Waals surface area (Å²) in [5, 5.41) is 2.99. The first-order chi connectivity index (χ1) is 14.1. The fourth-order valence-electron chi connectivity index (χ4n) is 3.62. The van der Waals surface area contributed by atoms with Gasteiger partial charge in [-0.2, -0.15) is 0 Å². The molecular formula is C23H32N2O4S. The van der Waals surface area contributed by atoms with E-state index in [1.807, 2.05) is 39.8 Å². The number of nitrogens with zero attached hydrogens (tertiary/aromatic N) is 1. The second-order valence-electron chi connectivity index (χ2n) is 7.50. The maximum Gasteiger partial charge on any atom is 0.244 e. The molecule has 2 rings (SSSR count). The molecule has 2 aromatic rings. The van der Waals surface area contributed by atoms with Crippen molar-refractivity contribution in [3.8, 4) is 5.75 Å².